The fourth-order valence-corrected chi connectivity index (χ4v) is 2.40. The standard InChI is InChI=1S/C13H24N2O2.ClH/c1-10(13(2)4-5-13)15(3)12(16)8-11-9-17-7-6-14-11;/h10-11,14H,4-9H2,1-3H3;1H. The Hall–Kier alpha value is -0.320. The lowest BCUT2D eigenvalue weighted by atomic mass is 9.99. The number of carbonyl (C=O) groups is 1. The summed E-state index contributed by atoms with van der Waals surface area (Å²) in [7, 11) is 1.93. The molecule has 0 bridgehead atoms. The van der Waals surface area contributed by atoms with Crippen molar-refractivity contribution in [2.24, 2.45) is 5.41 Å². The fourth-order valence-electron chi connectivity index (χ4n) is 2.40. The molecular formula is C13H25ClN2O2. The molecule has 1 amide bonds. The summed E-state index contributed by atoms with van der Waals surface area (Å²) in [5.74, 6) is 0.230. The van der Waals surface area contributed by atoms with Crippen LogP contribution in [0.1, 0.15) is 33.1 Å². The van der Waals surface area contributed by atoms with E-state index in [1.54, 1.807) is 0 Å². The second-order valence-corrected chi connectivity index (χ2v) is 5.76. The molecule has 4 nitrogen and oxygen atoms in total. The molecule has 1 saturated heterocycles. The van der Waals surface area contributed by atoms with Crippen LogP contribution in [-0.4, -0.2) is 49.7 Å². The molecule has 1 aliphatic heterocycles. The van der Waals surface area contributed by atoms with Gasteiger partial charge in [0.25, 0.3) is 0 Å². The number of hydrogen-bond acceptors (Lipinski definition) is 3. The molecule has 2 fully saturated rings. The predicted octanol–water partition coefficient (Wildman–Crippen LogP) is 1.43. The van der Waals surface area contributed by atoms with Crippen LogP contribution in [0.4, 0.5) is 0 Å². The summed E-state index contributed by atoms with van der Waals surface area (Å²) >= 11 is 0. The van der Waals surface area contributed by atoms with Gasteiger partial charge < -0.3 is 15.0 Å². The maximum atomic E-state index is 12.2. The number of nitrogens with one attached hydrogen (secondary N) is 1. The van der Waals surface area contributed by atoms with Crippen LogP contribution in [0.5, 0.6) is 0 Å². The maximum absolute atomic E-state index is 12.2. The van der Waals surface area contributed by atoms with Crippen LogP contribution < -0.4 is 5.32 Å². The van der Waals surface area contributed by atoms with Gasteiger partial charge >= 0.3 is 0 Å². The van der Waals surface area contributed by atoms with Gasteiger partial charge in [-0.1, -0.05) is 6.92 Å². The third-order valence-electron chi connectivity index (χ3n) is 4.44. The van der Waals surface area contributed by atoms with Crippen LogP contribution in [0.25, 0.3) is 0 Å². The smallest absolute Gasteiger partial charge is 0.224 e. The normalized spacial score (nSPS) is 26.9. The van der Waals surface area contributed by atoms with E-state index in [4.69, 9.17) is 4.74 Å². The molecule has 106 valence electrons. The van der Waals surface area contributed by atoms with E-state index in [-0.39, 0.29) is 24.4 Å². The van der Waals surface area contributed by atoms with Crippen molar-refractivity contribution in [2.45, 2.75) is 45.2 Å². The first-order valence-electron chi connectivity index (χ1n) is 6.60. The van der Waals surface area contributed by atoms with E-state index in [1.165, 1.54) is 12.8 Å². The number of morpholine rings is 1. The van der Waals surface area contributed by atoms with E-state index in [0.717, 1.165) is 13.2 Å². The van der Waals surface area contributed by atoms with E-state index >= 15 is 0 Å². The van der Waals surface area contributed by atoms with Gasteiger partial charge in [0.1, 0.15) is 0 Å². The van der Waals surface area contributed by atoms with Crippen molar-refractivity contribution in [3.8, 4) is 0 Å². The molecule has 18 heavy (non-hydrogen) atoms. The van der Waals surface area contributed by atoms with Gasteiger partial charge in [0, 0.05) is 32.1 Å². The molecule has 2 aliphatic rings. The Kier molecular flexibility index (Phi) is 5.44. The van der Waals surface area contributed by atoms with Crippen molar-refractivity contribution in [1.82, 2.24) is 10.2 Å². The quantitative estimate of drug-likeness (QED) is 0.845. The fraction of sp³-hybridized carbons (Fsp3) is 0.923. The summed E-state index contributed by atoms with van der Waals surface area (Å²) in [5.41, 5.74) is 0.362. The highest BCUT2D eigenvalue weighted by Gasteiger charge is 2.45. The summed E-state index contributed by atoms with van der Waals surface area (Å²) in [6.07, 6.45) is 3.05. The number of ether oxygens (including phenoxy) is 1. The van der Waals surface area contributed by atoms with Gasteiger partial charge in [0.05, 0.1) is 13.2 Å². The summed E-state index contributed by atoms with van der Waals surface area (Å²) in [6, 6.07) is 0.539. The first-order valence-corrected chi connectivity index (χ1v) is 6.60. The number of nitrogens with zero attached hydrogens (tertiary/aromatic N) is 1. The highest BCUT2D eigenvalue weighted by atomic mass is 35.5. The molecule has 5 heteroatoms. The van der Waals surface area contributed by atoms with Crippen molar-refractivity contribution in [2.75, 3.05) is 26.8 Å². The second kappa shape index (κ2) is 6.22. The number of amides is 1. The van der Waals surface area contributed by atoms with Crippen molar-refractivity contribution in [1.29, 1.82) is 0 Å². The van der Waals surface area contributed by atoms with Gasteiger partial charge in [-0.05, 0) is 25.2 Å². The summed E-state index contributed by atoms with van der Waals surface area (Å²) in [4.78, 5) is 14.1. The minimum Gasteiger partial charge on any atom is -0.378 e. The van der Waals surface area contributed by atoms with Gasteiger partial charge in [0.15, 0.2) is 0 Å². The minimum atomic E-state index is 0. The SMILES string of the molecule is CC(N(C)C(=O)CC1COCCN1)C1(C)CC1.Cl. The Balaban J connectivity index is 0.00000162. The molecule has 0 aromatic heterocycles. The molecule has 2 rings (SSSR count). The van der Waals surface area contributed by atoms with Crippen molar-refractivity contribution < 1.29 is 9.53 Å². The summed E-state index contributed by atoms with van der Waals surface area (Å²) in [5, 5.41) is 3.33. The lowest BCUT2D eigenvalue weighted by molar-refractivity contribution is -0.134. The third-order valence-corrected chi connectivity index (χ3v) is 4.44. The highest BCUT2D eigenvalue weighted by molar-refractivity contribution is 5.85. The maximum Gasteiger partial charge on any atom is 0.224 e. The van der Waals surface area contributed by atoms with Crippen molar-refractivity contribution >= 4 is 18.3 Å². The van der Waals surface area contributed by atoms with Gasteiger partial charge in [0.2, 0.25) is 5.91 Å². The van der Waals surface area contributed by atoms with Crippen LogP contribution >= 0.6 is 12.4 Å². The van der Waals surface area contributed by atoms with Crippen LogP contribution in [0.15, 0.2) is 0 Å². The minimum absolute atomic E-state index is 0. The van der Waals surface area contributed by atoms with Gasteiger partial charge in [-0.2, -0.15) is 0 Å². The first-order chi connectivity index (χ1) is 8.03. The van der Waals surface area contributed by atoms with Crippen LogP contribution in [0, 0.1) is 5.41 Å². The number of halogens is 1. The van der Waals surface area contributed by atoms with E-state index in [2.05, 4.69) is 19.2 Å². The molecule has 1 aliphatic carbocycles. The summed E-state index contributed by atoms with van der Waals surface area (Å²) < 4.78 is 5.37. The molecule has 2 atom stereocenters. The Morgan fingerprint density at radius 1 is 1.56 bits per heavy atom. The zero-order valence-corrected chi connectivity index (χ0v) is 12.4. The molecule has 2 unspecified atom stereocenters. The molecule has 1 saturated carbocycles. The highest BCUT2D eigenvalue weighted by Crippen LogP contribution is 2.49. The van der Waals surface area contributed by atoms with E-state index in [9.17, 15) is 4.79 Å². The third kappa shape index (κ3) is 3.59. The largest absolute Gasteiger partial charge is 0.378 e. The monoisotopic (exact) mass is 276 g/mol. The van der Waals surface area contributed by atoms with Crippen LogP contribution in [0.2, 0.25) is 0 Å². The second-order valence-electron chi connectivity index (χ2n) is 5.76. The average molecular weight is 277 g/mol. The van der Waals surface area contributed by atoms with E-state index in [0.29, 0.717) is 24.5 Å². The topological polar surface area (TPSA) is 41.6 Å². The lowest BCUT2D eigenvalue weighted by Crippen LogP contribution is -2.47. The molecular weight excluding hydrogens is 252 g/mol. The lowest BCUT2D eigenvalue weighted by Gasteiger charge is -2.32. The van der Waals surface area contributed by atoms with E-state index < -0.39 is 0 Å². The number of hydrogen-bond donors (Lipinski definition) is 1. The van der Waals surface area contributed by atoms with E-state index in [1.807, 2.05) is 11.9 Å². The zero-order valence-electron chi connectivity index (χ0n) is 11.6. The number of carbonyl (C=O) groups excluding carboxylic acids is 1. The molecule has 0 aromatic carbocycles. The summed E-state index contributed by atoms with van der Waals surface area (Å²) in [6.45, 7) is 6.70. The van der Waals surface area contributed by atoms with Gasteiger partial charge in [-0.15, -0.1) is 12.4 Å². The Morgan fingerprint density at radius 3 is 2.72 bits per heavy atom. The molecule has 1 N–H and O–H groups in total. The van der Waals surface area contributed by atoms with Gasteiger partial charge in [-0.3, -0.25) is 4.79 Å². The molecule has 0 radical (unpaired) electrons. The molecule has 0 aromatic rings. The molecule has 0 spiro atoms. The predicted molar refractivity (Wildman–Crippen MR) is 74.0 cm³/mol. The number of rotatable bonds is 4. The Bertz CT molecular complexity index is 289. The Morgan fingerprint density at radius 2 is 2.22 bits per heavy atom. The van der Waals surface area contributed by atoms with Crippen molar-refractivity contribution in [3.05, 3.63) is 0 Å². The van der Waals surface area contributed by atoms with Crippen molar-refractivity contribution in [3.63, 3.8) is 0 Å². The molecule has 1 heterocycles. The van der Waals surface area contributed by atoms with Crippen LogP contribution in [-0.2, 0) is 9.53 Å². The first kappa shape index (κ1) is 15.7. The van der Waals surface area contributed by atoms with Gasteiger partial charge in [-0.25, -0.2) is 0 Å². The average Bonchev–Trinajstić information content (AvgIpc) is 3.08. The van der Waals surface area contributed by atoms with Crippen LogP contribution in [0.3, 0.4) is 0 Å². The Labute approximate surface area is 116 Å². The zero-order chi connectivity index (χ0) is 12.5.